The van der Waals surface area contributed by atoms with Crippen molar-refractivity contribution in [1.82, 2.24) is 10.3 Å². The topological polar surface area (TPSA) is 88.5 Å². The molecule has 0 spiro atoms. The Bertz CT molecular complexity index is 1040. The van der Waals surface area contributed by atoms with Gasteiger partial charge in [0, 0.05) is 17.0 Å². The maximum Gasteiger partial charge on any atom is 0.339 e. The van der Waals surface area contributed by atoms with Crippen molar-refractivity contribution in [2.24, 2.45) is 0 Å². The summed E-state index contributed by atoms with van der Waals surface area (Å²) in [5, 5.41) is 13.1. The number of pyridine rings is 1. The largest absolute Gasteiger partial charge is 0.508 e. The van der Waals surface area contributed by atoms with Gasteiger partial charge >= 0.3 is 5.97 Å². The third-order valence-corrected chi connectivity index (χ3v) is 5.15. The number of carbonyl (C=O) groups is 2. The number of hydrogen-bond acceptors (Lipinski definition) is 5. The van der Waals surface area contributed by atoms with E-state index in [1.165, 1.54) is 0 Å². The Hall–Kier alpha value is -3.41. The van der Waals surface area contributed by atoms with E-state index in [9.17, 15) is 14.7 Å². The van der Waals surface area contributed by atoms with E-state index >= 15 is 0 Å². The third-order valence-electron chi connectivity index (χ3n) is 5.15. The number of hydrogen-bond donors (Lipinski definition) is 2. The Morgan fingerprint density at radius 1 is 1.07 bits per heavy atom. The van der Waals surface area contributed by atoms with Crippen LogP contribution in [0.3, 0.4) is 0 Å². The van der Waals surface area contributed by atoms with E-state index < -0.39 is 5.97 Å². The summed E-state index contributed by atoms with van der Waals surface area (Å²) >= 11 is 0. The zero-order valence-corrected chi connectivity index (χ0v) is 15.9. The number of aromatic hydroxyl groups is 1. The van der Waals surface area contributed by atoms with Crippen molar-refractivity contribution in [3.05, 3.63) is 60.2 Å². The Balaban J connectivity index is 1.57. The van der Waals surface area contributed by atoms with Crippen LogP contribution in [0.4, 0.5) is 0 Å². The van der Waals surface area contributed by atoms with Crippen LogP contribution in [0.5, 0.6) is 5.75 Å². The number of nitrogens with zero attached hydrogens (tertiary/aromatic N) is 1. The Morgan fingerprint density at radius 3 is 2.55 bits per heavy atom. The number of benzene rings is 2. The normalized spacial score (nSPS) is 14.1. The predicted octanol–water partition coefficient (Wildman–Crippen LogP) is 3.82. The van der Waals surface area contributed by atoms with Gasteiger partial charge in [-0.2, -0.15) is 0 Å². The molecule has 0 unspecified atom stereocenters. The molecule has 2 aromatic carbocycles. The molecule has 148 valence electrons. The minimum absolute atomic E-state index is 0.155. The van der Waals surface area contributed by atoms with Crippen LogP contribution in [-0.2, 0) is 9.53 Å². The van der Waals surface area contributed by atoms with Gasteiger partial charge in [-0.05, 0) is 49.2 Å². The molecule has 1 aliphatic rings. The summed E-state index contributed by atoms with van der Waals surface area (Å²) in [6, 6.07) is 15.7. The zero-order valence-electron chi connectivity index (χ0n) is 15.9. The summed E-state index contributed by atoms with van der Waals surface area (Å²) in [6.07, 6.45) is 4.19. The van der Waals surface area contributed by atoms with Gasteiger partial charge in [0.2, 0.25) is 0 Å². The van der Waals surface area contributed by atoms with Crippen LogP contribution in [0.2, 0.25) is 0 Å². The number of phenols is 1. The van der Waals surface area contributed by atoms with Gasteiger partial charge in [0.05, 0.1) is 16.8 Å². The highest BCUT2D eigenvalue weighted by Gasteiger charge is 2.20. The molecule has 6 heteroatoms. The summed E-state index contributed by atoms with van der Waals surface area (Å²) < 4.78 is 5.30. The smallest absolute Gasteiger partial charge is 0.339 e. The maximum atomic E-state index is 12.8. The first-order valence-corrected chi connectivity index (χ1v) is 9.76. The highest BCUT2D eigenvalue weighted by molar-refractivity contribution is 6.05. The molecule has 0 saturated heterocycles. The van der Waals surface area contributed by atoms with Crippen molar-refractivity contribution in [2.75, 3.05) is 6.61 Å². The molecule has 6 nitrogen and oxygen atoms in total. The Morgan fingerprint density at radius 2 is 1.79 bits per heavy atom. The summed E-state index contributed by atoms with van der Waals surface area (Å²) in [5.41, 5.74) is 2.36. The van der Waals surface area contributed by atoms with Crippen LogP contribution < -0.4 is 5.32 Å². The van der Waals surface area contributed by atoms with Gasteiger partial charge < -0.3 is 15.2 Å². The lowest BCUT2D eigenvalue weighted by molar-refractivity contribution is -0.124. The maximum absolute atomic E-state index is 12.8. The molecule has 2 N–H and O–H groups in total. The number of ether oxygens (including phenoxy) is 1. The first kappa shape index (κ1) is 18.9. The van der Waals surface area contributed by atoms with Crippen molar-refractivity contribution < 1.29 is 19.4 Å². The van der Waals surface area contributed by atoms with Crippen LogP contribution >= 0.6 is 0 Å². The fraction of sp³-hybridized carbons (Fsp3) is 0.261. The monoisotopic (exact) mass is 390 g/mol. The van der Waals surface area contributed by atoms with Crippen molar-refractivity contribution >= 4 is 22.8 Å². The van der Waals surface area contributed by atoms with E-state index in [2.05, 4.69) is 10.3 Å². The molecule has 4 rings (SSSR count). The average molecular weight is 390 g/mol. The van der Waals surface area contributed by atoms with Crippen LogP contribution in [0.25, 0.3) is 22.2 Å². The molecule has 0 radical (unpaired) electrons. The van der Waals surface area contributed by atoms with Crippen LogP contribution in [0, 0.1) is 0 Å². The Kier molecular flexibility index (Phi) is 5.42. The van der Waals surface area contributed by atoms with Gasteiger partial charge in [-0.1, -0.05) is 31.0 Å². The molecular weight excluding hydrogens is 368 g/mol. The van der Waals surface area contributed by atoms with Gasteiger partial charge in [-0.15, -0.1) is 0 Å². The second-order valence-corrected chi connectivity index (χ2v) is 7.24. The number of esters is 1. The molecule has 1 aromatic heterocycles. The molecule has 1 amide bonds. The molecule has 1 saturated carbocycles. The molecule has 3 aromatic rings. The minimum atomic E-state index is -0.565. The van der Waals surface area contributed by atoms with E-state index in [1.54, 1.807) is 36.4 Å². The predicted molar refractivity (Wildman–Crippen MR) is 110 cm³/mol. The fourth-order valence-corrected chi connectivity index (χ4v) is 3.67. The lowest BCUT2D eigenvalue weighted by Crippen LogP contribution is -2.35. The van der Waals surface area contributed by atoms with Crippen molar-refractivity contribution in [3.63, 3.8) is 0 Å². The SMILES string of the molecule is O=C(COC(=O)c1cc(-c2ccc(O)cc2)nc2ccccc12)NC1CCCC1. The number of amides is 1. The fourth-order valence-electron chi connectivity index (χ4n) is 3.67. The minimum Gasteiger partial charge on any atom is -0.508 e. The number of rotatable bonds is 5. The highest BCUT2D eigenvalue weighted by Crippen LogP contribution is 2.26. The van der Waals surface area contributed by atoms with Gasteiger partial charge in [-0.3, -0.25) is 4.79 Å². The molecule has 1 aliphatic carbocycles. The first-order valence-electron chi connectivity index (χ1n) is 9.76. The number of phenolic OH excluding ortho intramolecular Hbond substituents is 1. The Labute approximate surface area is 168 Å². The summed E-state index contributed by atoms with van der Waals surface area (Å²) in [5.74, 6) is -0.685. The van der Waals surface area contributed by atoms with Crippen LogP contribution in [-0.4, -0.2) is 34.6 Å². The quantitative estimate of drug-likeness (QED) is 0.647. The number of fused-ring (bicyclic) bond motifs is 1. The van der Waals surface area contributed by atoms with E-state index in [-0.39, 0.29) is 24.3 Å². The van der Waals surface area contributed by atoms with Gasteiger partial charge in [0.1, 0.15) is 5.75 Å². The van der Waals surface area contributed by atoms with Gasteiger partial charge in [0.15, 0.2) is 6.61 Å². The van der Waals surface area contributed by atoms with Gasteiger partial charge in [0.25, 0.3) is 5.91 Å². The molecule has 0 bridgehead atoms. The van der Waals surface area contributed by atoms with E-state index in [0.29, 0.717) is 22.2 Å². The summed E-state index contributed by atoms with van der Waals surface area (Å²) in [7, 11) is 0. The van der Waals surface area contributed by atoms with E-state index in [0.717, 1.165) is 31.2 Å². The third kappa shape index (κ3) is 4.37. The first-order chi connectivity index (χ1) is 14.1. The van der Waals surface area contributed by atoms with Crippen LogP contribution in [0.1, 0.15) is 36.0 Å². The number of aromatic nitrogens is 1. The van der Waals surface area contributed by atoms with E-state index in [1.807, 2.05) is 18.2 Å². The molecular formula is C23H22N2O4. The molecule has 1 fully saturated rings. The summed E-state index contributed by atoms with van der Waals surface area (Å²) in [6.45, 7) is -0.305. The zero-order chi connectivity index (χ0) is 20.2. The summed E-state index contributed by atoms with van der Waals surface area (Å²) in [4.78, 5) is 29.5. The molecule has 1 heterocycles. The molecule has 0 aliphatic heterocycles. The number of carbonyl (C=O) groups excluding carboxylic acids is 2. The van der Waals surface area contributed by atoms with E-state index in [4.69, 9.17) is 4.74 Å². The highest BCUT2D eigenvalue weighted by atomic mass is 16.5. The molecule has 29 heavy (non-hydrogen) atoms. The van der Waals surface area contributed by atoms with Gasteiger partial charge in [-0.25, -0.2) is 9.78 Å². The molecule has 0 atom stereocenters. The average Bonchev–Trinajstić information content (AvgIpc) is 3.24. The standard InChI is InChI=1S/C23H22N2O4/c26-17-11-9-15(10-12-17)21-13-19(18-7-3-4-8-20(18)25-21)23(28)29-14-22(27)24-16-5-1-2-6-16/h3-4,7-13,16,26H,1-2,5-6,14H2,(H,24,27). The van der Waals surface area contributed by atoms with Crippen molar-refractivity contribution in [3.8, 4) is 17.0 Å². The second kappa shape index (κ2) is 8.31. The van der Waals surface area contributed by atoms with Crippen LogP contribution in [0.15, 0.2) is 54.6 Å². The number of nitrogens with one attached hydrogen (secondary N) is 1. The second-order valence-electron chi connectivity index (χ2n) is 7.24. The number of para-hydroxylation sites is 1. The van der Waals surface area contributed by atoms with Crippen molar-refractivity contribution in [1.29, 1.82) is 0 Å². The van der Waals surface area contributed by atoms with Crippen molar-refractivity contribution in [2.45, 2.75) is 31.7 Å². The lowest BCUT2D eigenvalue weighted by atomic mass is 10.0. The lowest BCUT2D eigenvalue weighted by Gasteiger charge is -2.13.